The Hall–Kier alpha value is -2.14. The second kappa shape index (κ2) is 5.69. The van der Waals surface area contributed by atoms with Gasteiger partial charge in [-0.3, -0.25) is 0 Å². The minimum Gasteiger partial charge on any atom is -0.368 e. The molecule has 0 saturated carbocycles. The van der Waals surface area contributed by atoms with Crippen molar-refractivity contribution in [3.05, 3.63) is 47.7 Å². The number of hydrogen-bond donors (Lipinski definition) is 1. The first kappa shape index (κ1) is 13.8. The molecule has 2 heterocycles. The zero-order valence-electron chi connectivity index (χ0n) is 12.5. The van der Waals surface area contributed by atoms with Crippen LogP contribution in [0.3, 0.4) is 0 Å². The molecule has 1 saturated heterocycles. The molecule has 3 rings (SSSR count). The Morgan fingerprint density at radius 2 is 1.95 bits per heavy atom. The van der Waals surface area contributed by atoms with Crippen LogP contribution in [0.2, 0.25) is 0 Å². The van der Waals surface area contributed by atoms with Crippen molar-refractivity contribution in [1.82, 2.24) is 14.9 Å². The summed E-state index contributed by atoms with van der Waals surface area (Å²) in [6.07, 6.45) is 1.80. The molecule has 0 aliphatic carbocycles. The number of hydrogen-bond acceptors (Lipinski definition) is 5. The van der Waals surface area contributed by atoms with Crippen LogP contribution in [0.5, 0.6) is 0 Å². The van der Waals surface area contributed by atoms with E-state index in [1.54, 1.807) is 6.20 Å². The van der Waals surface area contributed by atoms with Gasteiger partial charge in [-0.1, -0.05) is 30.3 Å². The summed E-state index contributed by atoms with van der Waals surface area (Å²) in [7, 11) is 2.16. The van der Waals surface area contributed by atoms with E-state index in [9.17, 15) is 0 Å². The number of benzene rings is 1. The van der Waals surface area contributed by atoms with Crippen LogP contribution in [-0.2, 0) is 0 Å². The highest BCUT2D eigenvalue weighted by Gasteiger charge is 2.28. The summed E-state index contributed by atoms with van der Waals surface area (Å²) in [6.45, 7) is 4.97. The van der Waals surface area contributed by atoms with Crippen molar-refractivity contribution in [2.45, 2.75) is 13.0 Å². The molecule has 0 bridgehead atoms. The van der Waals surface area contributed by atoms with Crippen molar-refractivity contribution in [3.8, 4) is 0 Å². The molecule has 1 aliphatic rings. The SMILES string of the molecule is Cc1cnc(N)nc1N1CCN(C)CC1c1ccccc1. The van der Waals surface area contributed by atoms with Gasteiger partial charge >= 0.3 is 0 Å². The molecule has 110 valence electrons. The molecule has 21 heavy (non-hydrogen) atoms. The van der Waals surface area contributed by atoms with Gasteiger partial charge in [0.25, 0.3) is 0 Å². The Bertz CT molecular complexity index is 613. The Kier molecular flexibility index (Phi) is 3.75. The molecule has 0 radical (unpaired) electrons. The largest absolute Gasteiger partial charge is 0.368 e. The monoisotopic (exact) mass is 283 g/mol. The van der Waals surface area contributed by atoms with Gasteiger partial charge in [-0.05, 0) is 19.5 Å². The molecule has 1 aromatic carbocycles. The van der Waals surface area contributed by atoms with Crippen LogP contribution in [0.4, 0.5) is 11.8 Å². The van der Waals surface area contributed by atoms with Crippen molar-refractivity contribution in [3.63, 3.8) is 0 Å². The lowest BCUT2D eigenvalue weighted by molar-refractivity contribution is 0.268. The van der Waals surface area contributed by atoms with Crippen molar-refractivity contribution < 1.29 is 0 Å². The van der Waals surface area contributed by atoms with Gasteiger partial charge < -0.3 is 15.5 Å². The van der Waals surface area contributed by atoms with Crippen LogP contribution in [0.25, 0.3) is 0 Å². The highest BCUT2D eigenvalue weighted by Crippen LogP contribution is 2.31. The molecule has 1 fully saturated rings. The van der Waals surface area contributed by atoms with E-state index < -0.39 is 0 Å². The smallest absolute Gasteiger partial charge is 0.221 e. The standard InChI is InChI=1S/C16H21N5/c1-12-10-18-16(17)19-15(12)21-9-8-20(2)11-14(21)13-6-4-3-5-7-13/h3-7,10,14H,8-9,11H2,1-2H3,(H2,17,18,19). The van der Waals surface area contributed by atoms with E-state index in [4.69, 9.17) is 5.73 Å². The number of nitrogens with zero attached hydrogens (tertiary/aromatic N) is 4. The third kappa shape index (κ3) is 2.83. The van der Waals surface area contributed by atoms with Crippen molar-refractivity contribution in [2.75, 3.05) is 37.3 Å². The van der Waals surface area contributed by atoms with E-state index in [1.165, 1.54) is 5.56 Å². The van der Waals surface area contributed by atoms with Crippen molar-refractivity contribution in [2.24, 2.45) is 0 Å². The average molecular weight is 283 g/mol. The first-order chi connectivity index (χ1) is 10.1. The number of likely N-dealkylation sites (N-methyl/N-ethyl adjacent to an activating group) is 1. The third-order valence-corrected chi connectivity index (χ3v) is 4.00. The molecular weight excluding hydrogens is 262 g/mol. The Balaban J connectivity index is 2.00. The van der Waals surface area contributed by atoms with Crippen LogP contribution in [-0.4, -0.2) is 41.5 Å². The Morgan fingerprint density at radius 1 is 1.19 bits per heavy atom. The maximum Gasteiger partial charge on any atom is 0.221 e. The third-order valence-electron chi connectivity index (χ3n) is 4.00. The molecule has 1 atom stereocenters. The molecular formula is C16H21N5. The van der Waals surface area contributed by atoms with Crippen LogP contribution in [0.15, 0.2) is 36.5 Å². The zero-order valence-corrected chi connectivity index (χ0v) is 12.5. The molecule has 1 aromatic heterocycles. The molecule has 1 unspecified atom stereocenters. The van der Waals surface area contributed by atoms with E-state index in [2.05, 4.69) is 51.1 Å². The van der Waals surface area contributed by atoms with Gasteiger partial charge in [0.2, 0.25) is 5.95 Å². The van der Waals surface area contributed by atoms with Crippen LogP contribution in [0, 0.1) is 6.92 Å². The number of nitrogen functional groups attached to an aromatic ring is 1. The van der Waals surface area contributed by atoms with Gasteiger partial charge in [-0.2, -0.15) is 4.98 Å². The lowest BCUT2D eigenvalue weighted by Gasteiger charge is -2.41. The molecule has 5 nitrogen and oxygen atoms in total. The summed E-state index contributed by atoms with van der Waals surface area (Å²) in [6, 6.07) is 10.9. The summed E-state index contributed by atoms with van der Waals surface area (Å²) in [5.74, 6) is 1.28. The van der Waals surface area contributed by atoms with Crippen molar-refractivity contribution >= 4 is 11.8 Å². The molecule has 0 spiro atoms. The highest BCUT2D eigenvalue weighted by atomic mass is 15.3. The predicted molar refractivity (Wildman–Crippen MR) is 85.2 cm³/mol. The number of piperazine rings is 1. The van der Waals surface area contributed by atoms with E-state index in [0.717, 1.165) is 31.0 Å². The quantitative estimate of drug-likeness (QED) is 0.911. The van der Waals surface area contributed by atoms with Gasteiger partial charge in [0.15, 0.2) is 0 Å². The number of aromatic nitrogens is 2. The fourth-order valence-corrected chi connectivity index (χ4v) is 2.87. The fourth-order valence-electron chi connectivity index (χ4n) is 2.87. The maximum absolute atomic E-state index is 5.79. The van der Waals surface area contributed by atoms with Crippen molar-refractivity contribution in [1.29, 1.82) is 0 Å². The fraction of sp³-hybridized carbons (Fsp3) is 0.375. The predicted octanol–water partition coefficient (Wildman–Crippen LogP) is 1.86. The maximum atomic E-state index is 5.79. The lowest BCUT2D eigenvalue weighted by Crippen LogP contribution is -2.47. The van der Waals surface area contributed by atoms with Gasteiger partial charge in [0, 0.05) is 31.4 Å². The number of aryl methyl sites for hydroxylation is 1. The molecule has 2 aromatic rings. The minimum absolute atomic E-state index is 0.290. The second-order valence-electron chi connectivity index (χ2n) is 5.62. The molecule has 0 amide bonds. The number of rotatable bonds is 2. The highest BCUT2D eigenvalue weighted by molar-refractivity contribution is 5.51. The first-order valence-corrected chi connectivity index (χ1v) is 7.24. The van der Waals surface area contributed by atoms with E-state index in [1.807, 2.05) is 13.0 Å². The van der Waals surface area contributed by atoms with Gasteiger partial charge in [-0.15, -0.1) is 0 Å². The lowest BCUT2D eigenvalue weighted by atomic mass is 10.0. The topological polar surface area (TPSA) is 58.3 Å². The normalized spacial score (nSPS) is 19.7. The molecule has 5 heteroatoms. The summed E-state index contributed by atoms with van der Waals surface area (Å²) in [5.41, 5.74) is 8.16. The van der Waals surface area contributed by atoms with Gasteiger partial charge in [0.1, 0.15) is 5.82 Å². The second-order valence-corrected chi connectivity index (χ2v) is 5.62. The summed E-state index contributed by atoms with van der Waals surface area (Å²) < 4.78 is 0. The van der Waals surface area contributed by atoms with Crippen LogP contribution in [0.1, 0.15) is 17.2 Å². The van der Waals surface area contributed by atoms with Gasteiger partial charge in [-0.25, -0.2) is 4.98 Å². The molecule has 2 N–H and O–H groups in total. The Labute approximate surface area is 125 Å². The Morgan fingerprint density at radius 3 is 2.71 bits per heavy atom. The van der Waals surface area contributed by atoms with E-state index in [-0.39, 0.29) is 6.04 Å². The van der Waals surface area contributed by atoms with Crippen LogP contribution < -0.4 is 10.6 Å². The van der Waals surface area contributed by atoms with Crippen LogP contribution >= 0.6 is 0 Å². The minimum atomic E-state index is 0.290. The van der Waals surface area contributed by atoms with E-state index in [0.29, 0.717) is 5.95 Å². The van der Waals surface area contributed by atoms with Gasteiger partial charge in [0.05, 0.1) is 6.04 Å². The summed E-state index contributed by atoms with van der Waals surface area (Å²) in [5, 5.41) is 0. The molecule has 1 aliphatic heterocycles. The van der Waals surface area contributed by atoms with E-state index >= 15 is 0 Å². The summed E-state index contributed by atoms with van der Waals surface area (Å²) >= 11 is 0. The first-order valence-electron chi connectivity index (χ1n) is 7.24. The average Bonchev–Trinajstić information content (AvgIpc) is 2.51. The number of anilines is 2. The summed E-state index contributed by atoms with van der Waals surface area (Å²) in [4.78, 5) is 13.3. The zero-order chi connectivity index (χ0) is 14.8. The number of nitrogens with two attached hydrogens (primary N) is 1.